The first-order valence-corrected chi connectivity index (χ1v) is 9.17. The summed E-state index contributed by atoms with van der Waals surface area (Å²) in [4.78, 5) is 14.4. The molecule has 116 valence electrons. The maximum Gasteiger partial charge on any atom is 0.267 e. The summed E-state index contributed by atoms with van der Waals surface area (Å²) in [6.45, 7) is 2.07. The SMILES string of the molecule is Cc1nnsc1C(=O)N1CC(S(=O)(=O)c2ccc(Cl)cc2)C1. The molecule has 0 N–H and O–H groups in total. The summed E-state index contributed by atoms with van der Waals surface area (Å²) in [7, 11) is -3.44. The van der Waals surface area contributed by atoms with Crippen molar-refractivity contribution in [3.05, 3.63) is 39.9 Å². The molecular formula is C13H12ClN3O3S2. The van der Waals surface area contributed by atoms with Crippen LogP contribution in [0.15, 0.2) is 29.2 Å². The van der Waals surface area contributed by atoms with Crippen molar-refractivity contribution in [2.75, 3.05) is 13.1 Å². The first-order chi connectivity index (χ1) is 10.4. The van der Waals surface area contributed by atoms with E-state index in [9.17, 15) is 13.2 Å². The van der Waals surface area contributed by atoms with Crippen molar-refractivity contribution in [2.45, 2.75) is 17.1 Å². The van der Waals surface area contributed by atoms with Gasteiger partial charge in [0.25, 0.3) is 5.91 Å². The molecule has 0 unspecified atom stereocenters. The van der Waals surface area contributed by atoms with Gasteiger partial charge >= 0.3 is 0 Å². The van der Waals surface area contributed by atoms with Crippen LogP contribution < -0.4 is 0 Å². The van der Waals surface area contributed by atoms with E-state index in [2.05, 4.69) is 9.59 Å². The van der Waals surface area contributed by atoms with Gasteiger partial charge in [0.15, 0.2) is 9.84 Å². The van der Waals surface area contributed by atoms with Gasteiger partial charge in [0.05, 0.1) is 10.6 Å². The molecule has 0 bridgehead atoms. The van der Waals surface area contributed by atoms with Crippen LogP contribution in [0.3, 0.4) is 0 Å². The Kier molecular flexibility index (Phi) is 3.92. The van der Waals surface area contributed by atoms with Gasteiger partial charge < -0.3 is 4.90 Å². The fourth-order valence-corrected chi connectivity index (χ4v) is 4.59. The Hall–Kier alpha value is -1.51. The third kappa shape index (κ3) is 2.62. The molecule has 1 aromatic heterocycles. The Morgan fingerprint density at radius 2 is 1.95 bits per heavy atom. The monoisotopic (exact) mass is 357 g/mol. The highest BCUT2D eigenvalue weighted by Gasteiger charge is 2.41. The zero-order valence-electron chi connectivity index (χ0n) is 11.6. The second kappa shape index (κ2) is 5.60. The quantitative estimate of drug-likeness (QED) is 0.836. The molecule has 0 radical (unpaired) electrons. The second-order valence-corrected chi connectivity index (χ2v) is 8.44. The Balaban J connectivity index is 1.71. The third-order valence-electron chi connectivity index (χ3n) is 3.56. The maximum atomic E-state index is 12.4. The predicted molar refractivity (Wildman–Crippen MR) is 83.0 cm³/mol. The van der Waals surface area contributed by atoms with Crippen LogP contribution in [0.1, 0.15) is 15.4 Å². The molecule has 1 saturated heterocycles. The molecule has 3 rings (SSSR count). The summed E-state index contributed by atoms with van der Waals surface area (Å²) in [5, 5.41) is 3.69. The molecule has 22 heavy (non-hydrogen) atoms. The van der Waals surface area contributed by atoms with Gasteiger partial charge in [-0.2, -0.15) is 0 Å². The molecule has 1 fully saturated rings. The standard InChI is InChI=1S/C13H12ClN3O3S2/c1-8-12(21-16-15-8)13(18)17-6-11(7-17)22(19,20)10-4-2-9(14)3-5-10/h2-5,11H,6-7H2,1H3. The van der Waals surface area contributed by atoms with Crippen molar-refractivity contribution in [1.82, 2.24) is 14.5 Å². The Morgan fingerprint density at radius 1 is 1.32 bits per heavy atom. The molecule has 0 atom stereocenters. The van der Waals surface area contributed by atoms with E-state index in [-0.39, 0.29) is 23.9 Å². The van der Waals surface area contributed by atoms with Gasteiger partial charge in [-0.15, -0.1) is 5.10 Å². The lowest BCUT2D eigenvalue weighted by molar-refractivity contribution is 0.0663. The fraction of sp³-hybridized carbons (Fsp3) is 0.308. The third-order valence-corrected chi connectivity index (χ3v) is 6.73. The molecular weight excluding hydrogens is 346 g/mol. The van der Waals surface area contributed by atoms with Crippen LogP contribution in [0.5, 0.6) is 0 Å². The van der Waals surface area contributed by atoms with Crippen LogP contribution in [0.25, 0.3) is 0 Å². The van der Waals surface area contributed by atoms with Crippen molar-refractivity contribution < 1.29 is 13.2 Å². The Bertz CT molecular complexity index is 811. The van der Waals surface area contributed by atoms with E-state index in [0.29, 0.717) is 15.6 Å². The zero-order valence-corrected chi connectivity index (χ0v) is 14.0. The molecule has 1 aromatic carbocycles. The number of nitrogens with zero attached hydrogens (tertiary/aromatic N) is 3. The van der Waals surface area contributed by atoms with E-state index in [0.717, 1.165) is 11.5 Å². The first kappa shape index (κ1) is 15.4. The smallest absolute Gasteiger partial charge is 0.267 e. The molecule has 0 spiro atoms. The largest absolute Gasteiger partial charge is 0.335 e. The van der Waals surface area contributed by atoms with E-state index < -0.39 is 15.1 Å². The summed E-state index contributed by atoms with van der Waals surface area (Å²) in [6, 6.07) is 6.06. The number of aromatic nitrogens is 2. The normalized spacial score (nSPS) is 15.6. The van der Waals surface area contributed by atoms with Crippen LogP contribution in [-0.2, 0) is 9.84 Å². The summed E-state index contributed by atoms with van der Waals surface area (Å²) in [6.07, 6.45) is 0. The summed E-state index contributed by atoms with van der Waals surface area (Å²) in [5.41, 5.74) is 0.569. The number of hydrogen-bond acceptors (Lipinski definition) is 6. The number of benzene rings is 1. The predicted octanol–water partition coefficient (Wildman–Crippen LogP) is 1.80. The number of sulfone groups is 1. The molecule has 6 nitrogen and oxygen atoms in total. The number of aryl methyl sites for hydroxylation is 1. The van der Waals surface area contributed by atoms with Gasteiger partial charge in [-0.3, -0.25) is 4.79 Å². The minimum absolute atomic E-state index is 0.182. The number of rotatable bonds is 3. The van der Waals surface area contributed by atoms with Gasteiger partial charge in [0.2, 0.25) is 0 Å². The van der Waals surface area contributed by atoms with E-state index in [1.165, 1.54) is 17.0 Å². The number of likely N-dealkylation sites (tertiary alicyclic amines) is 1. The van der Waals surface area contributed by atoms with E-state index >= 15 is 0 Å². The first-order valence-electron chi connectivity index (χ1n) is 6.47. The molecule has 2 aromatic rings. The van der Waals surface area contributed by atoms with Crippen molar-refractivity contribution in [3.63, 3.8) is 0 Å². The number of hydrogen-bond donors (Lipinski definition) is 0. The number of carbonyl (C=O) groups is 1. The highest BCUT2D eigenvalue weighted by molar-refractivity contribution is 7.92. The topological polar surface area (TPSA) is 80.2 Å². The highest BCUT2D eigenvalue weighted by atomic mass is 35.5. The van der Waals surface area contributed by atoms with Gasteiger partial charge in [-0.25, -0.2) is 8.42 Å². The molecule has 9 heteroatoms. The summed E-state index contributed by atoms with van der Waals surface area (Å²) in [5.74, 6) is -0.213. The van der Waals surface area contributed by atoms with Gasteiger partial charge in [-0.05, 0) is 42.7 Å². The lowest BCUT2D eigenvalue weighted by Crippen LogP contribution is -2.56. The average Bonchev–Trinajstić information content (AvgIpc) is 2.83. The van der Waals surface area contributed by atoms with Crippen molar-refractivity contribution in [3.8, 4) is 0 Å². The summed E-state index contributed by atoms with van der Waals surface area (Å²) >= 11 is 6.79. The molecule has 1 amide bonds. The lowest BCUT2D eigenvalue weighted by Gasteiger charge is -2.38. The van der Waals surface area contributed by atoms with Gasteiger partial charge in [0.1, 0.15) is 10.1 Å². The van der Waals surface area contributed by atoms with Gasteiger partial charge in [0, 0.05) is 18.1 Å². The van der Waals surface area contributed by atoms with E-state index in [4.69, 9.17) is 11.6 Å². The van der Waals surface area contributed by atoms with Crippen LogP contribution >= 0.6 is 23.1 Å². The van der Waals surface area contributed by atoms with Crippen LogP contribution in [0.2, 0.25) is 5.02 Å². The minimum atomic E-state index is -3.44. The summed E-state index contributed by atoms with van der Waals surface area (Å²) < 4.78 is 28.6. The fourth-order valence-electron chi connectivity index (χ4n) is 2.19. The van der Waals surface area contributed by atoms with Crippen molar-refractivity contribution in [1.29, 1.82) is 0 Å². The van der Waals surface area contributed by atoms with Crippen LogP contribution in [0, 0.1) is 6.92 Å². The molecule has 1 aliphatic rings. The zero-order chi connectivity index (χ0) is 15.9. The Morgan fingerprint density at radius 3 is 2.50 bits per heavy atom. The van der Waals surface area contributed by atoms with E-state index in [1.807, 2.05) is 0 Å². The minimum Gasteiger partial charge on any atom is -0.335 e. The molecule has 0 aliphatic carbocycles. The molecule has 0 saturated carbocycles. The number of amides is 1. The number of carbonyl (C=O) groups excluding carboxylic acids is 1. The van der Waals surface area contributed by atoms with Crippen molar-refractivity contribution >= 4 is 38.9 Å². The molecule has 1 aliphatic heterocycles. The van der Waals surface area contributed by atoms with Gasteiger partial charge in [-0.1, -0.05) is 16.1 Å². The maximum absolute atomic E-state index is 12.4. The highest BCUT2D eigenvalue weighted by Crippen LogP contribution is 2.26. The Labute approximate surface area is 136 Å². The van der Waals surface area contributed by atoms with Crippen LogP contribution in [0.4, 0.5) is 0 Å². The number of halogens is 1. The van der Waals surface area contributed by atoms with E-state index in [1.54, 1.807) is 19.1 Å². The average molecular weight is 358 g/mol. The van der Waals surface area contributed by atoms with Crippen LogP contribution in [-0.4, -0.2) is 47.2 Å². The molecule has 2 heterocycles. The van der Waals surface area contributed by atoms with Crippen molar-refractivity contribution in [2.24, 2.45) is 0 Å². The second-order valence-electron chi connectivity index (χ2n) is 5.02. The lowest BCUT2D eigenvalue weighted by atomic mass is 10.2.